The van der Waals surface area contributed by atoms with E-state index in [2.05, 4.69) is 21.8 Å². The van der Waals surface area contributed by atoms with Crippen LogP contribution in [-0.4, -0.2) is 42.1 Å². The highest BCUT2D eigenvalue weighted by Crippen LogP contribution is 2.29. The molecule has 0 aliphatic carbocycles. The molecular weight excluding hydrogens is 401 g/mol. The molecule has 1 atom stereocenters. The molecule has 0 bridgehead atoms. The van der Waals surface area contributed by atoms with Gasteiger partial charge in [-0.3, -0.25) is 4.79 Å². The molecule has 0 saturated carbocycles. The van der Waals surface area contributed by atoms with E-state index in [-0.39, 0.29) is 17.5 Å². The lowest BCUT2D eigenvalue weighted by molar-refractivity contribution is 0.0962. The maximum Gasteiger partial charge on any atom is 0.186 e. The van der Waals surface area contributed by atoms with Crippen LogP contribution in [0.4, 0.5) is 9.52 Å². The molecule has 1 fully saturated rings. The normalized spacial score (nSPS) is 15.6. The number of hydrogen-bond acceptors (Lipinski definition) is 5. The van der Waals surface area contributed by atoms with E-state index in [0.717, 1.165) is 65.2 Å². The van der Waals surface area contributed by atoms with Gasteiger partial charge in [0, 0.05) is 36.6 Å². The molecule has 160 valence electrons. The van der Waals surface area contributed by atoms with Crippen LogP contribution in [0.3, 0.4) is 0 Å². The van der Waals surface area contributed by atoms with Gasteiger partial charge in [-0.15, -0.1) is 0 Å². The Morgan fingerprint density at radius 1 is 1.37 bits per heavy atom. The third-order valence-corrected chi connectivity index (χ3v) is 6.83. The Bertz CT molecular complexity index is 993. The van der Waals surface area contributed by atoms with Gasteiger partial charge in [-0.1, -0.05) is 31.1 Å². The second-order valence-corrected chi connectivity index (χ2v) is 8.96. The molecule has 1 aliphatic rings. The average molecular weight is 430 g/mol. The van der Waals surface area contributed by atoms with E-state index >= 15 is 0 Å². The van der Waals surface area contributed by atoms with Crippen LogP contribution in [0.1, 0.15) is 47.8 Å². The number of ether oxygens (including phenoxy) is 1. The first-order chi connectivity index (χ1) is 14.6. The van der Waals surface area contributed by atoms with Crippen LogP contribution < -0.4 is 4.90 Å². The van der Waals surface area contributed by atoms with Crippen molar-refractivity contribution in [3.8, 4) is 0 Å². The predicted octanol–water partition coefficient (Wildman–Crippen LogP) is 5.22. The fraction of sp³-hybridized carbons (Fsp3) is 0.478. The molecule has 1 unspecified atom stereocenters. The molecular formula is C23H28FN3O2S. The van der Waals surface area contributed by atoms with Crippen molar-refractivity contribution in [1.29, 1.82) is 0 Å². The monoisotopic (exact) mass is 429 g/mol. The molecule has 7 heteroatoms. The SMILES string of the molecule is CCCCC(CC(=O)c1cnc(N2CCOCC2)s1)Cc1c[nH]c2ccc(F)cc12. The third-order valence-electron chi connectivity index (χ3n) is 5.73. The number of nitrogens with one attached hydrogen (secondary N) is 1. The average Bonchev–Trinajstić information content (AvgIpc) is 3.40. The summed E-state index contributed by atoms with van der Waals surface area (Å²) in [5, 5.41) is 1.82. The summed E-state index contributed by atoms with van der Waals surface area (Å²) in [6.07, 6.45) is 8.09. The van der Waals surface area contributed by atoms with Crippen LogP contribution in [0, 0.1) is 11.7 Å². The Balaban J connectivity index is 1.46. The summed E-state index contributed by atoms with van der Waals surface area (Å²) in [6, 6.07) is 4.82. The molecule has 30 heavy (non-hydrogen) atoms. The number of hydrogen-bond donors (Lipinski definition) is 1. The molecule has 1 aromatic carbocycles. The number of carbonyl (C=O) groups is 1. The first-order valence-corrected chi connectivity index (χ1v) is 11.5. The van der Waals surface area contributed by atoms with E-state index in [1.807, 2.05) is 6.20 Å². The van der Waals surface area contributed by atoms with Crippen LogP contribution in [0.2, 0.25) is 0 Å². The molecule has 5 nitrogen and oxygen atoms in total. The minimum absolute atomic E-state index is 0.152. The highest BCUT2D eigenvalue weighted by atomic mass is 32.1. The molecule has 4 rings (SSSR count). The zero-order chi connectivity index (χ0) is 20.9. The van der Waals surface area contributed by atoms with Crippen molar-refractivity contribution in [3.63, 3.8) is 0 Å². The number of anilines is 1. The molecule has 2 aromatic heterocycles. The zero-order valence-corrected chi connectivity index (χ0v) is 18.1. The van der Waals surface area contributed by atoms with E-state index < -0.39 is 0 Å². The number of morpholine rings is 1. The summed E-state index contributed by atoms with van der Waals surface area (Å²) in [4.78, 5) is 23.6. The number of benzene rings is 1. The van der Waals surface area contributed by atoms with Crippen molar-refractivity contribution in [2.45, 2.75) is 39.0 Å². The molecule has 3 heterocycles. The topological polar surface area (TPSA) is 58.2 Å². The number of ketones is 1. The van der Waals surface area contributed by atoms with Crippen molar-refractivity contribution in [2.75, 3.05) is 31.2 Å². The van der Waals surface area contributed by atoms with Gasteiger partial charge in [0.1, 0.15) is 5.82 Å². The smallest absolute Gasteiger partial charge is 0.186 e. The molecule has 1 N–H and O–H groups in total. The van der Waals surface area contributed by atoms with Gasteiger partial charge in [-0.2, -0.15) is 0 Å². The number of Topliss-reactive ketones (excluding diaryl/α,β-unsaturated/α-hetero) is 1. The van der Waals surface area contributed by atoms with Crippen LogP contribution >= 0.6 is 11.3 Å². The molecule has 0 radical (unpaired) electrons. The first kappa shape index (κ1) is 21.0. The lowest BCUT2D eigenvalue weighted by Gasteiger charge is -2.25. The summed E-state index contributed by atoms with van der Waals surface area (Å²) in [7, 11) is 0. The minimum Gasteiger partial charge on any atom is -0.378 e. The maximum absolute atomic E-state index is 13.7. The number of aromatic amines is 1. The standard InChI is InChI=1S/C23H28FN3O2S/c1-2-3-4-16(11-17-14-25-20-6-5-18(24)13-19(17)20)12-21(28)22-15-26-23(30-22)27-7-9-29-10-8-27/h5-6,13-16,25H,2-4,7-12H2,1H3. The second-order valence-electron chi connectivity index (χ2n) is 7.95. The van der Waals surface area contributed by atoms with E-state index in [0.29, 0.717) is 19.6 Å². The molecule has 1 saturated heterocycles. The van der Waals surface area contributed by atoms with E-state index in [4.69, 9.17) is 4.74 Å². The number of carbonyl (C=O) groups excluding carboxylic acids is 1. The van der Waals surface area contributed by atoms with Gasteiger partial charge >= 0.3 is 0 Å². The minimum atomic E-state index is -0.232. The Morgan fingerprint density at radius 2 is 2.20 bits per heavy atom. The summed E-state index contributed by atoms with van der Waals surface area (Å²) < 4.78 is 19.1. The van der Waals surface area contributed by atoms with E-state index in [1.165, 1.54) is 17.4 Å². The number of aromatic nitrogens is 2. The number of rotatable bonds is 9. The van der Waals surface area contributed by atoms with Crippen LogP contribution in [0.25, 0.3) is 10.9 Å². The first-order valence-electron chi connectivity index (χ1n) is 10.7. The van der Waals surface area contributed by atoms with Crippen LogP contribution in [-0.2, 0) is 11.2 Å². The number of fused-ring (bicyclic) bond motifs is 1. The number of nitrogens with zero attached hydrogens (tertiary/aromatic N) is 2. The number of H-pyrrole nitrogens is 1. The number of halogens is 1. The summed E-state index contributed by atoms with van der Waals surface area (Å²) >= 11 is 1.48. The highest BCUT2D eigenvalue weighted by molar-refractivity contribution is 7.17. The fourth-order valence-corrected chi connectivity index (χ4v) is 4.97. The maximum atomic E-state index is 13.7. The summed E-state index contributed by atoms with van der Waals surface area (Å²) in [6.45, 7) is 5.20. The quantitative estimate of drug-likeness (QED) is 0.474. The Labute approximate surface area is 180 Å². The third kappa shape index (κ3) is 4.90. The van der Waals surface area contributed by atoms with Crippen molar-refractivity contribution in [2.24, 2.45) is 5.92 Å². The van der Waals surface area contributed by atoms with Crippen molar-refractivity contribution >= 4 is 33.2 Å². The Kier molecular flexibility index (Phi) is 6.79. The van der Waals surface area contributed by atoms with Crippen molar-refractivity contribution in [3.05, 3.63) is 46.9 Å². The van der Waals surface area contributed by atoms with Crippen molar-refractivity contribution in [1.82, 2.24) is 9.97 Å². The van der Waals surface area contributed by atoms with Gasteiger partial charge in [0.15, 0.2) is 10.9 Å². The van der Waals surface area contributed by atoms with Gasteiger partial charge < -0.3 is 14.6 Å². The molecule has 1 aliphatic heterocycles. The summed E-state index contributed by atoms with van der Waals surface area (Å²) in [5.41, 5.74) is 2.02. The van der Waals surface area contributed by atoms with E-state index in [1.54, 1.807) is 18.3 Å². The second kappa shape index (κ2) is 9.71. The lowest BCUT2D eigenvalue weighted by Crippen LogP contribution is -2.36. The fourth-order valence-electron chi connectivity index (χ4n) is 4.06. The molecule has 0 amide bonds. The zero-order valence-electron chi connectivity index (χ0n) is 17.3. The van der Waals surface area contributed by atoms with Crippen LogP contribution in [0.15, 0.2) is 30.6 Å². The van der Waals surface area contributed by atoms with Gasteiger partial charge in [-0.05, 0) is 42.5 Å². The van der Waals surface area contributed by atoms with Gasteiger partial charge in [0.05, 0.1) is 24.3 Å². The summed E-state index contributed by atoms with van der Waals surface area (Å²) in [5.74, 6) is 0.151. The van der Waals surface area contributed by atoms with Crippen molar-refractivity contribution < 1.29 is 13.9 Å². The Morgan fingerprint density at radius 3 is 3.00 bits per heavy atom. The number of thiazole rings is 1. The predicted molar refractivity (Wildman–Crippen MR) is 119 cm³/mol. The van der Waals surface area contributed by atoms with Gasteiger partial charge in [-0.25, -0.2) is 9.37 Å². The highest BCUT2D eigenvalue weighted by Gasteiger charge is 2.21. The van der Waals surface area contributed by atoms with Crippen LogP contribution in [0.5, 0.6) is 0 Å². The number of unbranched alkanes of at least 4 members (excludes halogenated alkanes) is 1. The largest absolute Gasteiger partial charge is 0.378 e. The molecule has 3 aromatic rings. The molecule has 0 spiro atoms. The lowest BCUT2D eigenvalue weighted by atomic mass is 9.89. The van der Waals surface area contributed by atoms with Gasteiger partial charge in [0.2, 0.25) is 0 Å². The Hall–Kier alpha value is -2.25. The van der Waals surface area contributed by atoms with E-state index in [9.17, 15) is 9.18 Å². The van der Waals surface area contributed by atoms with Gasteiger partial charge in [0.25, 0.3) is 0 Å².